The van der Waals surface area contributed by atoms with Crippen LogP contribution in [-0.4, -0.2) is 6.61 Å². The van der Waals surface area contributed by atoms with Gasteiger partial charge in [-0.25, -0.2) is 0 Å². The number of hydrogen-bond donors (Lipinski definition) is 1. The molecule has 0 bridgehead atoms. The van der Waals surface area contributed by atoms with Crippen molar-refractivity contribution in [1.29, 1.82) is 0 Å². The van der Waals surface area contributed by atoms with Gasteiger partial charge in [0.2, 0.25) is 0 Å². The van der Waals surface area contributed by atoms with Gasteiger partial charge in [0.1, 0.15) is 5.75 Å². The molecule has 1 unspecified atom stereocenters. The first kappa shape index (κ1) is 15.3. The smallest absolute Gasteiger partial charge is 0.125 e. The van der Waals surface area contributed by atoms with E-state index in [-0.39, 0.29) is 6.04 Å². The Hall–Kier alpha value is -0.550. The van der Waals surface area contributed by atoms with Gasteiger partial charge in [0.15, 0.2) is 0 Å². The van der Waals surface area contributed by atoms with Crippen LogP contribution in [0.5, 0.6) is 5.75 Å². The van der Waals surface area contributed by atoms with Gasteiger partial charge in [-0.1, -0.05) is 43.5 Å². The predicted octanol–water partition coefficient (Wildman–Crippen LogP) is 5.04. The molecule has 110 valence electrons. The molecule has 3 rings (SSSR count). The van der Waals surface area contributed by atoms with E-state index in [2.05, 4.69) is 31.9 Å². The van der Waals surface area contributed by atoms with Crippen LogP contribution in [0.25, 0.3) is 0 Å². The Morgan fingerprint density at radius 2 is 1.86 bits per heavy atom. The molecule has 0 aromatic heterocycles. The number of halogens is 3. The van der Waals surface area contributed by atoms with Gasteiger partial charge in [0.05, 0.1) is 6.61 Å². The summed E-state index contributed by atoms with van der Waals surface area (Å²) >= 11 is 13.2. The molecule has 2 nitrogen and oxygen atoms in total. The Morgan fingerprint density at radius 1 is 1.14 bits per heavy atom. The molecule has 0 spiro atoms. The van der Waals surface area contributed by atoms with Gasteiger partial charge in [-0.3, -0.25) is 0 Å². The molecule has 21 heavy (non-hydrogen) atoms. The number of rotatable bonds is 3. The molecule has 1 atom stereocenters. The molecule has 1 heterocycles. The van der Waals surface area contributed by atoms with Crippen LogP contribution in [0, 0.1) is 0 Å². The maximum absolute atomic E-state index is 6.37. The van der Waals surface area contributed by atoms with Crippen molar-refractivity contribution >= 4 is 43.5 Å². The number of fused-ring (bicyclic) bond motifs is 1. The van der Waals surface area contributed by atoms with Gasteiger partial charge < -0.3 is 10.5 Å². The van der Waals surface area contributed by atoms with Crippen molar-refractivity contribution in [3.63, 3.8) is 0 Å². The second-order valence-electron chi connectivity index (χ2n) is 5.17. The highest BCUT2D eigenvalue weighted by Gasteiger charge is 2.20. The first-order chi connectivity index (χ1) is 10.0. The Kier molecular flexibility index (Phi) is 4.60. The highest BCUT2D eigenvalue weighted by atomic mass is 79.9. The van der Waals surface area contributed by atoms with Crippen LogP contribution in [0.1, 0.15) is 22.7 Å². The van der Waals surface area contributed by atoms with E-state index in [4.69, 9.17) is 22.1 Å². The first-order valence-corrected chi connectivity index (χ1v) is 8.65. The largest absolute Gasteiger partial charge is 0.493 e. The quantitative estimate of drug-likeness (QED) is 0.739. The van der Waals surface area contributed by atoms with Gasteiger partial charge in [-0.15, -0.1) is 0 Å². The summed E-state index contributed by atoms with van der Waals surface area (Å²) < 4.78 is 7.75. The average Bonchev–Trinajstić information content (AvgIpc) is 2.85. The van der Waals surface area contributed by atoms with E-state index >= 15 is 0 Å². The molecule has 2 N–H and O–H groups in total. The van der Waals surface area contributed by atoms with Crippen LogP contribution in [-0.2, 0) is 12.8 Å². The summed E-state index contributed by atoms with van der Waals surface area (Å²) in [6, 6.07) is 9.91. The predicted molar refractivity (Wildman–Crippen MR) is 93.1 cm³/mol. The third kappa shape index (κ3) is 3.45. The minimum atomic E-state index is -0.106. The van der Waals surface area contributed by atoms with Gasteiger partial charge in [-0.2, -0.15) is 0 Å². The summed E-state index contributed by atoms with van der Waals surface area (Å²) in [6.07, 6.45) is 1.62. The summed E-state index contributed by atoms with van der Waals surface area (Å²) in [7, 11) is 0. The monoisotopic (exact) mass is 429 g/mol. The second-order valence-corrected chi connectivity index (χ2v) is 7.43. The van der Waals surface area contributed by atoms with Gasteiger partial charge in [-0.05, 0) is 53.4 Å². The lowest BCUT2D eigenvalue weighted by atomic mass is 9.97. The third-order valence-electron chi connectivity index (χ3n) is 3.58. The van der Waals surface area contributed by atoms with Crippen molar-refractivity contribution in [2.45, 2.75) is 18.9 Å². The first-order valence-electron chi connectivity index (χ1n) is 6.68. The molecule has 1 aliphatic heterocycles. The lowest BCUT2D eigenvalue weighted by molar-refractivity contribution is 0.352. The van der Waals surface area contributed by atoms with E-state index in [9.17, 15) is 0 Å². The summed E-state index contributed by atoms with van der Waals surface area (Å²) in [5, 5.41) is 0.747. The van der Waals surface area contributed by atoms with Crippen LogP contribution >= 0.6 is 43.5 Å². The molecule has 0 fully saturated rings. The van der Waals surface area contributed by atoms with E-state index in [0.29, 0.717) is 6.42 Å². The molecule has 0 amide bonds. The fourth-order valence-electron chi connectivity index (χ4n) is 2.64. The van der Waals surface area contributed by atoms with Crippen molar-refractivity contribution in [2.75, 3.05) is 6.61 Å². The van der Waals surface area contributed by atoms with Crippen LogP contribution < -0.4 is 10.5 Å². The molecule has 0 saturated heterocycles. The molecular formula is C16H14Br2ClNO. The molecule has 5 heteroatoms. The zero-order chi connectivity index (χ0) is 15.0. The molecule has 0 aliphatic carbocycles. The molecule has 1 aliphatic rings. The van der Waals surface area contributed by atoms with E-state index in [1.165, 1.54) is 5.56 Å². The normalized spacial score (nSPS) is 14.7. The topological polar surface area (TPSA) is 35.2 Å². The zero-order valence-electron chi connectivity index (χ0n) is 11.2. The van der Waals surface area contributed by atoms with Gasteiger partial charge >= 0.3 is 0 Å². The molecule has 2 aromatic carbocycles. The van der Waals surface area contributed by atoms with Crippen molar-refractivity contribution in [3.8, 4) is 5.75 Å². The van der Waals surface area contributed by atoms with E-state index in [0.717, 1.165) is 43.9 Å². The molecular weight excluding hydrogens is 417 g/mol. The lowest BCUT2D eigenvalue weighted by Gasteiger charge is -2.16. The number of ether oxygens (including phenoxy) is 1. The number of hydrogen-bond acceptors (Lipinski definition) is 2. The van der Waals surface area contributed by atoms with Gasteiger partial charge in [0, 0.05) is 26.4 Å². The SMILES string of the molecule is NC(Cc1cc(Cl)cc2c1OCC2)c1cc(Br)cc(Br)c1. The Labute approximate surface area is 145 Å². The number of nitrogens with two attached hydrogens (primary N) is 1. The average molecular weight is 432 g/mol. The van der Waals surface area contributed by atoms with Crippen molar-refractivity contribution in [3.05, 3.63) is 61.0 Å². The van der Waals surface area contributed by atoms with Gasteiger partial charge in [0.25, 0.3) is 0 Å². The Bertz CT molecular complexity index is 670. The Balaban J connectivity index is 1.90. The summed E-state index contributed by atoms with van der Waals surface area (Å²) in [6.45, 7) is 0.723. The summed E-state index contributed by atoms with van der Waals surface area (Å²) in [5.41, 5.74) is 9.70. The van der Waals surface area contributed by atoms with Crippen LogP contribution in [0.4, 0.5) is 0 Å². The second kappa shape index (κ2) is 6.29. The third-order valence-corrected chi connectivity index (χ3v) is 4.71. The minimum Gasteiger partial charge on any atom is -0.493 e. The highest BCUT2D eigenvalue weighted by Crippen LogP contribution is 2.35. The maximum Gasteiger partial charge on any atom is 0.125 e. The zero-order valence-corrected chi connectivity index (χ0v) is 15.1. The van der Waals surface area contributed by atoms with Crippen LogP contribution in [0.3, 0.4) is 0 Å². The van der Waals surface area contributed by atoms with Crippen molar-refractivity contribution in [2.24, 2.45) is 5.73 Å². The Morgan fingerprint density at radius 3 is 2.57 bits per heavy atom. The minimum absolute atomic E-state index is 0.106. The van der Waals surface area contributed by atoms with Crippen molar-refractivity contribution in [1.82, 2.24) is 0 Å². The number of benzene rings is 2. The summed E-state index contributed by atoms with van der Waals surface area (Å²) in [4.78, 5) is 0. The fourth-order valence-corrected chi connectivity index (χ4v) is 4.23. The van der Waals surface area contributed by atoms with E-state index in [1.807, 2.05) is 30.3 Å². The highest BCUT2D eigenvalue weighted by molar-refractivity contribution is 9.11. The summed E-state index contributed by atoms with van der Waals surface area (Å²) in [5.74, 6) is 0.962. The molecule has 0 radical (unpaired) electrons. The van der Waals surface area contributed by atoms with Crippen LogP contribution in [0.15, 0.2) is 39.3 Å². The van der Waals surface area contributed by atoms with E-state index < -0.39 is 0 Å². The van der Waals surface area contributed by atoms with Crippen LogP contribution in [0.2, 0.25) is 5.02 Å². The standard InChI is InChI=1S/C16H14Br2ClNO/c17-12-3-10(4-13(18)8-12)15(20)7-11-6-14(19)5-9-1-2-21-16(9)11/h3-6,8,15H,1-2,7,20H2. The molecule has 2 aromatic rings. The lowest BCUT2D eigenvalue weighted by Crippen LogP contribution is -2.14. The maximum atomic E-state index is 6.37. The van der Waals surface area contributed by atoms with Crippen molar-refractivity contribution < 1.29 is 4.74 Å². The molecule has 0 saturated carbocycles. The fraction of sp³-hybridized carbons (Fsp3) is 0.250. The van der Waals surface area contributed by atoms with E-state index in [1.54, 1.807) is 0 Å².